The highest BCUT2D eigenvalue weighted by atomic mass is 28.1. The average Bonchev–Trinajstić information content (AvgIpc) is 1.89. The van der Waals surface area contributed by atoms with Crippen LogP contribution in [0.4, 0.5) is 0 Å². The van der Waals surface area contributed by atoms with Gasteiger partial charge in [0.15, 0.2) is 0 Å². The lowest BCUT2D eigenvalue weighted by atomic mass is 10.4. The lowest BCUT2D eigenvalue weighted by molar-refractivity contribution is 0.661. The fraction of sp³-hybridized carbons (Fsp3) is 1.00. The minimum Gasteiger partial charge on any atom is -0.317 e. The van der Waals surface area contributed by atoms with Gasteiger partial charge in [-0.3, -0.25) is 0 Å². The quantitative estimate of drug-likeness (QED) is 0.386. The Labute approximate surface area is 64.5 Å². The molecule has 1 nitrogen and oxygen atoms in total. The summed E-state index contributed by atoms with van der Waals surface area (Å²) >= 11 is 0. The maximum atomic E-state index is 3.43. The van der Waals surface area contributed by atoms with E-state index in [4.69, 9.17) is 0 Å². The molecule has 0 saturated heterocycles. The van der Waals surface area contributed by atoms with Crippen LogP contribution in [0.15, 0.2) is 0 Å². The van der Waals surface area contributed by atoms with Crippen LogP contribution >= 0.6 is 0 Å². The highest BCUT2D eigenvalue weighted by molar-refractivity contribution is 6.08. The van der Waals surface area contributed by atoms with Gasteiger partial charge in [-0.05, 0) is 25.9 Å². The Hall–Kier alpha value is 0.394. The van der Waals surface area contributed by atoms with Crippen LogP contribution in [0.25, 0.3) is 0 Å². The molecular weight excluding hydrogens is 142 g/mol. The van der Waals surface area contributed by atoms with Gasteiger partial charge < -0.3 is 5.32 Å². The monoisotopic (exact) mass is 161 g/mol. The second kappa shape index (κ2) is 8.39. The van der Waals surface area contributed by atoms with Gasteiger partial charge in [-0.1, -0.05) is 12.1 Å². The van der Waals surface area contributed by atoms with E-state index in [9.17, 15) is 0 Å². The standard InChI is InChI=1S/C6H19NSi2/c8-5-1-3-7-4-2-6-9/h7H,1-6H2,8-9H3. The fourth-order valence-corrected chi connectivity index (χ4v) is 1.44. The van der Waals surface area contributed by atoms with Gasteiger partial charge in [-0.15, -0.1) is 0 Å². The molecule has 0 aromatic carbocycles. The SMILES string of the molecule is [SiH3]CCCNCCC[SiH3]. The van der Waals surface area contributed by atoms with Gasteiger partial charge in [0.25, 0.3) is 0 Å². The van der Waals surface area contributed by atoms with E-state index >= 15 is 0 Å². The predicted octanol–water partition coefficient (Wildman–Crippen LogP) is -1.08. The van der Waals surface area contributed by atoms with E-state index in [2.05, 4.69) is 5.32 Å². The van der Waals surface area contributed by atoms with Crippen molar-refractivity contribution in [3.8, 4) is 0 Å². The highest BCUT2D eigenvalue weighted by Crippen LogP contribution is 1.83. The zero-order valence-corrected chi connectivity index (χ0v) is 10.7. The minimum absolute atomic E-state index is 1.26. The molecule has 0 fully saturated rings. The first-order valence-electron chi connectivity index (χ1n) is 4.12. The summed E-state index contributed by atoms with van der Waals surface area (Å²) in [6, 6.07) is 2.90. The van der Waals surface area contributed by atoms with Gasteiger partial charge in [0.1, 0.15) is 0 Å². The number of hydrogen-bond donors (Lipinski definition) is 1. The molecule has 0 saturated carbocycles. The summed E-state index contributed by atoms with van der Waals surface area (Å²) in [6.07, 6.45) is 2.79. The zero-order valence-electron chi connectivity index (χ0n) is 6.74. The molecule has 9 heavy (non-hydrogen) atoms. The summed E-state index contributed by atoms with van der Waals surface area (Å²) in [5.74, 6) is 0. The van der Waals surface area contributed by atoms with Crippen LogP contribution in [0.2, 0.25) is 12.1 Å². The third-order valence-electron chi connectivity index (χ3n) is 1.41. The molecule has 0 aromatic heterocycles. The van der Waals surface area contributed by atoms with Gasteiger partial charge in [0.2, 0.25) is 0 Å². The predicted molar refractivity (Wildman–Crippen MR) is 51.6 cm³/mol. The van der Waals surface area contributed by atoms with Gasteiger partial charge in [-0.25, -0.2) is 0 Å². The van der Waals surface area contributed by atoms with Crippen molar-refractivity contribution in [3.63, 3.8) is 0 Å². The molecule has 56 valence electrons. The maximum absolute atomic E-state index is 3.43. The molecule has 0 aliphatic heterocycles. The molecule has 0 spiro atoms. The van der Waals surface area contributed by atoms with Crippen molar-refractivity contribution in [1.82, 2.24) is 5.32 Å². The van der Waals surface area contributed by atoms with E-state index in [1.807, 2.05) is 0 Å². The average molecular weight is 161 g/mol. The smallest absolute Gasteiger partial charge is 0.00286 e. The summed E-state index contributed by atoms with van der Waals surface area (Å²) in [5, 5.41) is 3.43. The summed E-state index contributed by atoms with van der Waals surface area (Å²) in [7, 11) is 2.75. The summed E-state index contributed by atoms with van der Waals surface area (Å²) in [4.78, 5) is 0. The Morgan fingerprint density at radius 1 is 0.889 bits per heavy atom. The molecular formula is C6H19NSi2. The van der Waals surface area contributed by atoms with Crippen LogP contribution in [-0.4, -0.2) is 33.6 Å². The van der Waals surface area contributed by atoms with E-state index in [0.29, 0.717) is 0 Å². The van der Waals surface area contributed by atoms with E-state index in [1.54, 1.807) is 0 Å². The van der Waals surface area contributed by atoms with Crippen LogP contribution in [0, 0.1) is 0 Å². The third kappa shape index (κ3) is 8.39. The molecule has 0 amide bonds. The molecule has 1 N–H and O–H groups in total. The first kappa shape index (κ1) is 9.39. The van der Waals surface area contributed by atoms with Crippen LogP contribution in [0.3, 0.4) is 0 Å². The lowest BCUT2D eigenvalue weighted by Crippen LogP contribution is -2.16. The molecule has 0 aromatic rings. The molecule has 0 bridgehead atoms. The van der Waals surface area contributed by atoms with E-state index in [0.717, 1.165) is 0 Å². The Bertz CT molecular complexity index is 44.3. The van der Waals surface area contributed by atoms with Crippen molar-refractivity contribution >= 4 is 20.5 Å². The van der Waals surface area contributed by atoms with Crippen molar-refractivity contribution in [2.45, 2.75) is 24.9 Å². The van der Waals surface area contributed by atoms with Crippen LogP contribution < -0.4 is 5.32 Å². The maximum Gasteiger partial charge on any atom is 0.00286 e. The van der Waals surface area contributed by atoms with Crippen molar-refractivity contribution in [3.05, 3.63) is 0 Å². The van der Waals surface area contributed by atoms with Gasteiger partial charge in [0, 0.05) is 20.5 Å². The largest absolute Gasteiger partial charge is 0.317 e. The highest BCUT2D eigenvalue weighted by Gasteiger charge is 1.83. The van der Waals surface area contributed by atoms with Crippen LogP contribution in [0.5, 0.6) is 0 Å². The van der Waals surface area contributed by atoms with Gasteiger partial charge in [-0.2, -0.15) is 0 Å². The normalized spacial score (nSPS) is 10.7. The first-order valence-corrected chi connectivity index (χ1v) is 6.95. The molecule has 0 rings (SSSR count). The number of hydrogen-bond acceptors (Lipinski definition) is 1. The van der Waals surface area contributed by atoms with Gasteiger partial charge in [0.05, 0.1) is 0 Å². The summed E-state index contributed by atoms with van der Waals surface area (Å²) in [6.45, 7) is 2.51. The second-order valence-corrected chi connectivity index (χ2v) is 4.46. The molecule has 0 aliphatic rings. The Morgan fingerprint density at radius 2 is 1.33 bits per heavy atom. The molecule has 3 heteroatoms. The molecule has 0 heterocycles. The van der Waals surface area contributed by atoms with E-state index < -0.39 is 0 Å². The minimum atomic E-state index is 1.26. The van der Waals surface area contributed by atoms with Crippen LogP contribution in [0.1, 0.15) is 12.8 Å². The van der Waals surface area contributed by atoms with Gasteiger partial charge >= 0.3 is 0 Å². The van der Waals surface area contributed by atoms with Crippen molar-refractivity contribution < 1.29 is 0 Å². The Balaban J connectivity index is 2.60. The molecule has 0 radical (unpaired) electrons. The number of rotatable bonds is 6. The fourth-order valence-electron chi connectivity index (χ4n) is 0.729. The summed E-state index contributed by atoms with van der Waals surface area (Å²) in [5.41, 5.74) is 0. The lowest BCUT2D eigenvalue weighted by Gasteiger charge is -1.99. The molecule has 0 unspecified atom stereocenters. The van der Waals surface area contributed by atoms with E-state index in [1.165, 1.54) is 58.5 Å². The van der Waals surface area contributed by atoms with Crippen LogP contribution in [-0.2, 0) is 0 Å². The topological polar surface area (TPSA) is 12.0 Å². The third-order valence-corrected chi connectivity index (χ3v) is 2.83. The Morgan fingerprint density at radius 3 is 1.67 bits per heavy atom. The number of nitrogens with one attached hydrogen (secondary N) is 1. The second-order valence-electron chi connectivity index (χ2n) is 2.46. The van der Waals surface area contributed by atoms with E-state index in [-0.39, 0.29) is 0 Å². The molecule has 0 aliphatic carbocycles. The van der Waals surface area contributed by atoms with Crippen molar-refractivity contribution in [2.75, 3.05) is 13.1 Å². The Kier molecular flexibility index (Phi) is 8.76. The zero-order chi connectivity index (χ0) is 6.95. The molecule has 0 atom stereocenters. The van der Waals surface area contributed by atoms with Crippen molar-refractivity contribution in [1.29, 1.82) is 0 Å². The summed E-state index contributed by atoms with van der Waals surface area (Å²) < 4.78 is 0. The first-order chi connectivity index (χ1) is 4.41. The van der Waals surface area contributed by atoms with Crippen molar-refractivity contribution in [2.24, 2.45) is 0 Å².